The van der Waals surface area contributed by atoms with Crippen molar-refractivity contribution in [1.82, 2.24) is 9.78 Å². The number of nitrogens with two attached hydrogens (primary N) is 1. The Morgan fingerprint density at radius 2 is 2.36 bits per heavy atom. The standard InChI is InChI=1S/C10H19N3S/c1-4-13-10(5-8(2)12-13)6-9(11)7-14-3/h5,9H,4,6-7,11H2,1-3H3. The first-order valence-electron chi connectivity index (χ1n) is 4.95. The SMILES string of the molecule is CCn1nc(C)cc1CC(N)CSC. The van der Waals surface area contributed by atoms with Gasteiger partial charge in [0.1, 0.15) is 0 Å². The highest BCUT2D eigenvalue weighted by Crippen LogP contribution is 2.08. The minimum atomic E-state index is 0.242. The quantitative estimate of drug-likeness (QED) is 0.805. The summed E-state index contributed by atoms with van der Waals surface area (Å²) in [7, 11) is 0. The van der Waals surface area contributed by atoms with E-state index < -0.39 is 0 Å². The molecule has 0 spiro atoms. The van der Waals surface area contributed by atoms with Crippen LogP contribution in [-0.2, 0) is 13.0 Å². The Morgan fingerprint density at radius 1 is 1.64 bits per heavy atom. The number of aromatic nitrogens is 2. The molecule has 0 amide bonds. The van der Waals surface area contributed by atoms with Gasteiger partial charge < -0.3 is 5.73 Å². The molecule has 4 heteroatoms. The smallest absolute Gasteiger partial charge is 0.0596 e. The Balaban J connectivity index is 2.65. The van der Waals surface area contributed by atoms with Gasteiger partial charge in [-0.25, -0.2) is 0 Å². The van der Waals surface area contributed by atoms with E-state index in [2.05, 4.69) is 24.3 Å². The highest BCUT2D eigenvalue weighted by molar-refractivity contribution is 7.98. The van der Waals surface area contributed by atoms with Crippen molar-refractivity contribution < 1.29 is 0 Å². The van der Waals surface area contributed by atoms with Crippen molar-refractivity contribution in [2.24, 2.45) is 5.73 Å². The molecule has 0 saturated carbocycles. The normalized spacial score (nSPS) is 13.1. The summed E-state index contributed by atoms with van der Waals surface area (Å²) < 4.78 is 2.04. The van der Waals surface area contributed by atoms with Crippen molar-refractivity contribution in [1.29, 1.82) is 0 Å². The Hall–Kier alpha value is -0.480. The fourth-order valence-corrected chi connectivity index (χ4v) is 2.12. The molecule has 1 aromatic rings. The Morgan fingerprint density at radius 3 is 2.93 bits per heavy atom. The van der Waals surface area contributed by atoms with Gasteiger partial charge in [-0.1, -0.05) is 0 Å². The molecule has 0 radical (unpaired) electrons. The van der Waals surface area contributed by atoms with Crippen molar-refractivity contribution >= 4 is 11.8 Å². The summed E-state index contributed by atoms with van der Waals surface area (Å²) in [6, 6.07) is 2.37. The number of aryl methyl sites for hydroxylation is 2. The lowest BCUT2D eigenvalue weighted by molar-refractivity contribution is 0.594. The van der Waals surface area contributed by atoms with Crippen LogP contribution in [0, 0.1) is 6.92 Å². The third-order valence-corrected chi connectivity index (χ3v) is 2.90. The largest absolute Gasteiger partial charge is 0.327 e. The molecule has 3 nitrogen and oxygen atoms in total. The fraction of sp³-hybridized carbons (Fsp3) is 0.700. The van der Waals surface area contributed by atoms with E-state index in [-0.39, 0.29) is 6.04 Å². The number of nitrogens with zero attached hydrogens (tertiary/aromatic N) is 2. The first-order chi connectivity index (χ1) is 6.67. The van der Waals surface area contributed by atoms with Crippen LogP contribution in [0.3, 0.4) is 0 Å². The topological polar surface area (TPSA) is 43.8 Å². The van der Waals surface area contributed by atoms with Crippen molar-refractivity contribution in [3.05, 3.63) is 17.5 Å². The van der Waals surface area contributed by atoms with Gasteiger partial charge in [-0.3, -0.25) is 4.68 Å². The van der Waals surface area contributed by atoms with Gasteiger partial charge in [0.2, 0.25) is 0 Å². The molecule has 2 N–H and O–H groups in total. The van der Waals surface area contributed by atoms with Gasteiger partial charge >= 0.3 is 0 Å². The maximum atomic E-state index is 5.99. The highest BCUT2D eigenvalue weighted by Gasteiger charge is 2.08. The average Bonchev–Trinajstić information content (AvgIpc) is 2.46. The molecule has 1 atom stereocenters. The van der Waals surface area contributed by atoms with E-state index in [0.717, 1.165) is 24.4 Å². The van der Waals surface area contributed by atoms with E-state index in [1.165, 1.54) is 5.69 Å². The summed E-state index contributed by atoms with van der Waals surface area (Å²) >= 11 is 1.79. The van der Waals surface area contributed by atoms with Crippen molar-refractivity contribution in [2.45, 2.75) is 32.9 Å². The van der Waals surface area contributed by atoms with Crippen LogP contribution in [0.15, 0.2) is 6.07 Å². The van der Waals surface area contributed by atoms with Crippen molar-refractivity contribution in [2.75, 3.05) is 12.0 Å². The molecule has 0 aromatic carbocycles. The maximum Gasteiger partial charge on any atom is 0.0596 e. The zero-order valence-electron chi connectivity index (χ0n) is 9.16. The van der Waals surface area contributed by atoms with Gasteiger partial charge in [0.05, 0.1) is 5.69 Å². The minimum Gasteiger partial charge on any atom is -0.327 e. The summed E-state index contributed by atoms with van der Waals surface area (Å²) in [6.07, 6.45) is 3.01. The third-order valence-electron chi connectivity index (χ3n) is 2.14. The van der Waals surface area contributed by atoms with Gasteiger partial charge in [0.25, 0.3) is 0 Å². The van der Waals surface area contributed by atoms with E-state index in [4.69, 9.17) is 5.73 Å². The number of rotatable bonds is 5. The highest BCUT2D eigenvalue weighted by atomic mass is 32.2. The molecule has 0 bridgehead atoms. The lowest BCUT2D eigenvalue weighted by atomic mass is 10.2. The molecule has 1 unspecified atom stereocenters. The van der Waals surface area contributed by atoms with Crippen molar-refractivity contribution in [3.63, 3.8) is 0 Å². The van der Waals surface area contributed by atoms with E-state index in [0.29, 0.717) is 0 Å². The van der Waals surface area contributed by atoms with Crippen LogP contribution in [0.1, 0.15) is 18.3 Å². The second kappa shape index (κ2) is 5.41. The van der Waals surface area contributed by atoms with Crippen LogP contribution < -0.4 is 5.73 Å². The van der Waals surface area contributed by atoms with Crippen LogP contribution in [-0.4, -0.2) is 27.8 Å². The second-order valence-corrected chi connectivity index (χ2v) is 4.42. The molecule has 1 rings (SSSR count). The van der Waals surface area contributed by atoms with E-state index in [1.807, 2.05) is 11.6 Å². The summed E-state index contributed by atoms with van der Waals surface area (Å²) in [5.41, 5.74) is 8.32. The van der Waals surface area contributed by atoms with E-state index in [1.54, 1.807) is 11.8 Å². The maximum absolute atomic E-state index is 5.99. The number of hydrogen-bond donors (Lipinski definition) is 1. The molecule has 0 fully saturated rings. The van der Waals surface area contributed by atoms with E-state index in [9.17, 15) is 0 Å². The predicted octanol–water partition coefficient (Wildman–Crippen LogP) is 1.44. The Labute approximate surface area is 90.1 Å². The van der Waals surface area contributed by atoms with Gasteiger partial charge in [0, 0.05) is 30.5 Å². The van der Waals surface area contributed by atoms with Crippen LogP contribution in [0.25, 0.3) is 0 Å². The van der Waals surface area contributed by atoms with E-state index >= 15 is 0 Å². The van der Waals surface area contributed by atoms with Gasteiger partial charge in [-0.15, -0.1) is 0 Å². The van der Waals surface area contributed by atoms with Gasteiger partial charge in [0.15, 0.2) is 0 Å². The molecule has 1 aromatic heterocycles. The molecular weight excluding hydrogens is 194 g/mol. The first-order valence-corrected chi connectivity index (χ1v) is 6.34. The molecule has 1 heterocycles. The fourth-order valence-electron chi connectivity index (χ4n) is 1.58. The first kappa shape index (κ1) is 11.6. The lowest BCUT2D eigenvalue weighted by Crippen LogP contribution is -2.26. The van der Waals surface area contributed by atoms with Crippen LogP contribution in [0.4, 0.5) is 0 Å². The zero-order chi connectivity index (χ0) is 10.6. The van der Waals surface area contributed by atoms with Gasteiger partial charge in [-0.2, -0.15) is 16.9 Å². The molecule has 80 valence electrons. The average molecular weight is 213 g/mol. The summed E-state index contributed by atoms with van der Waals surface area (Å²) in [6.45, 7) is 5.06. The third kappa shape index (κ3) is 3.03. The van der Waals surface area contributed by atoms with Crippen LogP contribution >= 0.6 is 11.8 Å². The van der Waals surface area contributed by atoms with Crippen LogP contribution in [0.5, 0.6) is 0 Å². The molecular formula is C10H19N3S. The minimum absolute atomic E-state index is 0.242. The lowest BCUT2D eigenvalue weighted by Gasteiger charge is -2.10. The monoisotopic (exact) mass is 213 g/mol. The molecule has 0 aliphatic heterocycles. The molecule has 14 heavy (non-hydrogen) atoms. The molecule has 0 aliphatic rings. The zero-order valence-corrected chi connectivity index (χ0v) is 9.97. The number of hydrogen-bond acceptors (Lipinski definition) is 3. The summed E-state index contributed by atoms with van der Waals surface area (Å²) in [5, 5.41) is 4.40. The van der Waals surface area contributed by atoms with Gasteiger partial charge in [-0.05, 0) is 26.2 Å². The Kier molecular flexibility index (Phi) is 4.48. The Bertz CT molecular complexity index is 283. The summed E-state index contributed by atoms with van der Waals surface area (Å²) in [4.78, 5) is 0. The molecule has 0 aliphatic carbocycles. The summed E-state index contributed by atoms with van der Waals surface area (Å²) in [5.74, 6) is 1.01. The predicted molar refractivity (Wildman–Crippen MR) is 62.7 cm³/mol. The van der Waals surface area contributed by atoms with Crippen molar-refractivity contribution in [3.8, 4) is 0 Å². The van der Waals surface area contributed by atoms with Crippen LogP contribution in [0.2, 0.25) is 0 Å². The second-order valence-electron chi connectivity index (χ2n) is 3.51. The number of thioether (sulfide) groups is 1. The molecule has 0 saturated heterocycles.